The zero-order valence-corrected chi connectivity index (χ0v) is 84.3. The summed E-state index contributed by atoms with van der Waals surface area (Å²) in [6.07, 6.45) is 0. The minimum Gasteiger partial charge on any atom is -0.477 e. The van der Waals surface area contributed by atoms with Crippen LogP contribution in [0.3, 0.4) is 0 Å². The van der Waals surface area contributed by atoms with Gasteiger partial charge in [0.05, 0.1) is 126 Å². The lowest BCUT2D eigenvalue weighted by Gasteiger charge is -2.37. The number of nitrogens with one attached hydrogen (secondary N) is 3. The lowest BCUT2D eigenvalue weighted by Crippen LogP contribution is -2.46. The molecule has 0 bridgehead atoms. The Bertz CT molecular complexity index is 7490. The van der Waals surface area contributed by atoms with Gasteiger partial charge in [0.25, 0.3) is 0 Å². The molecule has 1 unspecified atom stereocenters. The summed E-state index contributed by atoms with van der Waals surface area (Å²) in [5.74, 6) is -8.10. The summed E-state index contributed by atoms with van der Waals surface area (Å²) in [7, 11) is 0. The van der Waals surface area contributed by atoms with Crippen LogP contribution in [-0.2, 0) is 18.4 Å². The lowest BCUT2D eigenvalue weighted by molar-refractivity contribution is 0.0678. The summed E-state index contributed by atoms with van der Waals surface area (Å²) >= 11 is 9.81. The van der Waals surface area contributed by atoms with Gasteiger partial charge in [0.1, 0.15) is 74.2 Å². The SMILES string of the molecule is CC1Sc2c(C(=O)O)c(=O)c3cc(F)c(N4CCNCC4)cc3n21.C[C@@H]1Sc2c(C(=O)O)c(=O)c3cc(F)c(N4CCNCC4)cc3n21.C[C@H]1Sc2c(C(=O)O)c(=O)c3cc(F)c(N4CCNCC4)cc3n21.Cc1oc(=O)oc1CBr.Cc1oc(=O)oc1CN1CCN(c2cc3c(cc2F)c(=O)c(C(=O)O)c2n3[C@@H](C)S2)CC1.Cc1oc(=O)oc1CN1CCN(c2cc3c(cc2F)c(=O)c(C(=O)O)c2n3[C@H](C)S2)CC1. The number of aromatic nitrogens is 5. The molecule has 50 heteroatoms. The number of halogens is 6. The highest BCUT2D eigenvalue weighted by Gasteiger charge is 2.41. The van der Waals surface area contributed by atoms with Crippen LogP contribution >= 0.6 is 74.7 Å². The summed E-state index contributed by atoms with van der Waals surface area (Å²) < 4.78 is 112. The van der Waals surface area contributed by atoms with E-state index in [2.05, 4.69) is 50.5 Å². The predicted molar refractivity (Wildman–Crippen MR) is 537 cm³/mol. The summed E-state index contributed by atoms with van der Waals surface area (Å²) in [6, 6.07) is 14.2. The second kappa shape index (κ2) is 41.3. The van der Waals surface area contributed by atoms with Crippen molar-refractivity contribution in [3.63, 3.8) is 0 Å². The molecule has 0 saturated carbocycles. The maximum absolute atomic E-state index is 15.0. The van der Waals surface area contributed by atoms with Gasteiger partial charge in [0, 0.05) is 158 Å². The fourth-order valence-corrected chi connectivity index (χ4v) is 25.6. The van der Waals surface area contributed by atoms with E-state index in [0.717, 1.165) is 51.4 Å². The van der Waals surface area contributed by atoms with E-state index in [-0.39, 0.29) is 81.6 Å². The molecule has 0 radical (unpaired) electrons. The van der Waals surface area contributed by atoms with Crippen molar-refractivity contribution in [1.29, 1.82) is 0 Å². The van der Waals surface area contributed by atoms with Gasteiger partial charge in [-0.15, -0.1) is 0 Å². The third-order valence-electron chi connectivity index (χ3n) is 26.6. The highest BCUT2D eigenvalue weighted by Crippen LogP contribution is 2.52. The Balaban J connectivity index is 0.000000117. The number of carboxylic acids is 5. The molecule has 10 aliphatic heterocycles. The highest BCUT2D eigenvalue weighted by molar-refractivity contribution is 9.08. The molecule has 0 spiro atoms. The molecule has 10 aliphatic rings. The Morgan fingerprint density at radius 2 is 0.503 bits per heavy atom. The molecule has 0 amide bonds. The van der Waals surface area contributed by atoms with Crippen LogP contribution in [0.1, 0.15) is 148 Å². The maximum Gasteiger partial charge on any atom is 0.519 e. The van der Waals surface area contributed by atoms with Crippen LogP contribution in [0, 0.1) is 49.9 Å². The Morgan fingerprint density at radius 3 is 0.669 bits per heavy atom. The number of thioether (sulfide) groups is 5. The maximum atomic E-state index is 15.0. The number of benzene rings is 5. The number of alkyl halides is 1. The topological polar surface area (TPSA) is 485 Å². The van der Waals surface area contributed by atoms with E-state index in [0.29, 0.717) is 226 Å². The number of aromatic carboxylic acids is 5. The molecule has 13 aromatic rings. The van der Waals surface area contributed by atoms with Gasteiger partial charge in [-0.1, -0.05) is 74.7 Å². The number of hydrogen-bond donors (Lipinski definition) is 8. The van der Waals surface area contributed by atoms with Crippen molar-refractivity contribution < 1.29 is 98.0 Å². The van der Waals surface area contributed by atoms with Gasteiger partial charge < -0.3 is 115 Å². The van der Waals surface area contributed by atoms with E-state index in [9.17, 15) is 101 Å². The fourth-order valence-electron chi connectivity index (χ4n) is 19.3. The second-order valence-corrected chi connectivity index (χ2v) is 42.4. The lowest BCUT2D eigenvalue weighted by atomic mass is 10.1. The number of nitrogens with zero attached hydrogens (tertiary/aromatic N) is 12. The van der Waals surface area contributed by atoms with Gasteiger partial charge in [0.15, 0.2) is 17.3 Å². The standard InChI is InChI=1S/2C21H20FN3O6S.3C16H16FN3O3S.C5H5BrO3/c2*1-10-16(31-21(29)30-10)9-23-3-5-24(6-4-23)15-8-14-12(7-13(15)22)18(26)17(20(27)28)19-25(14)11(2)32-19;3*1-8-20-11-7-12(19-4-2-18-3-5-19)10(17)6-9(11)14(21)13(16(22)23)15(20)24-8;1-3-4(2-6)9-5(7)8-3/h2*7-8,11H,3-6,9H2,1-2H3,(H,27,28);3*6-8,18H,2-5H2,1H3,(H,22,23);2H2,1H3/t2*11-;2*8-;;/m1010../s1. The fraction of sp³-hybridized carbons (Fsp3) is 0.379. The molecule has 39 nitrogen and oxygen atoms in total. The smallest absolute Gasteiger partial charge is 0.477 e. The van der Waals surface area contributed by atoms with Crippen molar-refractivity contribution in [2.24, 2.45) is 0 Å². The number of fused-ring (bicyclic) bond motifs is 15. The Morgan fingerprint density at radius 1 is 0.310 bits per heavy atom. The first-order valence-corrected chi connectivity index (χ1v) is 51.4. The molecule has 23 rings (SSSR count). The van der Waals surface area contributed by atoms with Crippen molar-refractivity contribution in [2.45, 2.75) is 126 Å². The van der Waals surface area contributed by atoms with Gasteiger partial charge in [-0.05, 0) is 116 Å². The molecule has 145 heavy (non-hydrogen) atoms. The molecule has 5 atom stereocenters. The van der Waals surface area contributed by atoms with E-state index < -0.39 is 104 Å². The molecule has 5 fully saturated rings. The summed E-state index contributed by atoms with van der Waals surface area (Å²) in [6.45, 7) is 29.0. The van der Waals surface area contributed by atoms with Crippen LogP contribution in [0.15, 0.2) is 151 Å². The monoisotopic (exact) mass is 2160 g/mol. The number of carboxylic acid groups (broad SMARTS) is 5. The average Bonchev–Trinajstić information content (AvgIpc) is 0.950. The summed E-state index contributed by atoms with van der Waals surface area (Å²) in [5, 5.41) is 59.8. The van der Waals surface area contributed by atoms with Crippen LogP contribution in [0.2, 0.25) is 0 Å². The van der Waals surface area contributed by atoms with Gasteiger partial charge in [-0.3, -0.25) is 33.8 Å². The van der Waals surface area contributed by atoms with Crippen LogP contribution in [0.5, 0.6) is 0 Å². The van der Waals surface area contributed by atoms with Crippen molar-refractivity contribution in [3.05, 3.63) is 235 Å². The number of pyridine rings is 5. The van der Waals surface area contributed by atoms with Gasteiger partial charge in [-0.25, -0.2) is 60.3 Å². The summed E-state index contributed by atoms with van der Waals surface area (Å²) in [4.78, 5) is 167. The first-order valence-electron chi connectivity index (χ1n) is 45.9. The van der Waals surface area contributed by atoms with Crippen molar-refractivity contribution in [2.75, 3.05) is 155 Å². The van der Waals surface area contributed by atoms with Crippen LogP contribution < -0.4 is 85.1 Å². The van der Waals surface area contributed by atoms with E-state index in [4.69, 9.17) is 17.7 Å². The average molecular weight is 2160 g/mol. The highest BCUT2D eigenvalue weighted by atomic mass is 79.9. The first-order chi connectivity index (χ1) is 69.2. The number of rotatable bonds is 15. The van der Waals surface area contributed by atoms with Crippen molar-refractivity contribution >= 4 is 188 Å². The quantitative estimate of drug-likeness (QED) is 0.0349. The van der Waals surface area contributed by atoms with Crippen LogP contribution in [-0.4, -0.2) is 219 Å². The minimum absolute atomic E-state index is 0.0162. The van der Waals surface area contributed by atoms with Crippen LogP contribution in [0.25, 0.3) is 54.5 Å². The minimum atomic E-state index is -1.30. The zero-order valence-electron chi connectivity index (χ0n) is 78.6. The molecule has 5 aromatic carbocycles. The summed E-state index contributed by atoms with van der Waals surface area (Å²) in [5.41, 5.74) is 0.447. The third-order valence-corrected chi connectivity index (χ3v) is 33.0. The number of piperazine rings is 5. The first kappa shape index (κ1) is 102. The van der Waals surface area contributed by atoms with Crippen molar-refractivity contribution in [3.8, 4) is 0 Å². The molecule has 0 aliphatic carbocycles. The molecular weight excluding hydrogens is 2070 g/mol. The molecule has 8 aromatic heterocycles. The number of aryl methyl sites for hydroxylation is 3. The molecule has 764 valence electrons. The van der Waals surface area contributed by atoms with Crippen LogP contribution in [0.4, 0.5) is 50.4 Å². The Hall–Kier alpha value is -12.8. The normalized spacial score (nSPS) is 18.7. The number of carbonyl (C=O) groups is 5. The molecular formula is C95H93BrF5N15O24S5. The Kier molecular flexibility index (Phi) is 29.1. The van der Waals surface area contributed by atoms with Gasteiger partial charge in [-0.2, -0.15) is 0 Å². The number of anilines is 5. The van der Waals surface area contributed by atoms with E-state index in [1.807, 2.05) is 72.8 Å². The van der Waals surface area contributed by atoms with Gasteiger partial charge in [0.2, 0.25) is 27.1 Å². The molecule has 8 N–H and O–H groups in total. The van der Waals surface area contributed by atoms with Gasteiger partial charge >= 0.3 is 47.3 Å². The van der Waals surface area contributed by atoms with Crippen molar-refractivity contribution in [1.82, 2.24) is 48.6 Å². The molecule has 18 heterocycles. The van der Waals surface area contributed by atoms with E-state index in [1.54, 1.807) is 60.2 Å². The predicted octanol–water partition coefficient (Wildman–Crippen LogP) is 12.3. The second-order valence-electron chi connectivity index (χ2n) is 35.3. The zero-order chi connectivity index (χ0) is 103. The van der Waals surface area contributed by atoms with E-state index >= 15 is 8.78 Å². The van der Waals surface area contributed by atoms with E-state index in [1.165, 1.54) is 77.0 Å². The molecule has 5 saturated heterocycles. The third kappa shape index (κ3) is 19.3. The largest absolute Gasteiger partial charge is 0.519 e. The Labute approximate surface area is 844 Å². The number of hydrogen-bond acceptors (Lipinski definition) is 34.